The molecule has 19 heteroatoms. The van der Waals surface area contributed by atoms with Gasteiger partial charge in [0.25, 0.3) is 0 Å². The normalized spacial score (nSPS) is 12.6. The first-order chi connectivity index (χ1) is 16.2. The molecular weight excluding hydrogens is 544 g/mol. The summed E-state index contributed by atoms with van der Waals surface area (Å²) in [6, 6.07) is 1.19. The lowest BCUT2D eigenvalue weighted by Crippen LogP contribution is -2.22. The van der Waals surface area contributed by atoms with Crippen molar-refractivity contribution in [3.05, 3.63) is 36.4 Å². The molecule has 0 saturated carbocycles. The number of halogens is 12. The number of ether oxygens (including phenoxy) is 6. The van der Waals surface area contributed by atoms with Crippen LogP contribution < -0.4 is 28.4 Å². The number of carbonyl (C=O) groups is 1. The predicted octanol–water partition coefficient (Wildman–Crippen LogP) is 6.86. The molecule has 0 unspecified atom stereocenters. The van der Waals surface area contributed by atoms with Gasteiger partial charge in [-0.05, 0) is 24.3 Å². The molecule has 0 aliphatic carbocycles. The molecule has 0 bridgehead atoms. The van der Waals surface area contributed by atoms with Crippen molar-refractivity contribution in [2.75, 3.05) is 0 Å². The fourth-order valence-electron chi connectivity index (χ4n) is 2.15. The molecule has 0 saturated heterocycles. The molecular formula is C17H6F12O7. The minimum absolute atomic E-state index is 0.0616. The average Bonchev–Trinajstić information content (AvgIpc) is 2.61. The molecule has 0 fully saturated rings. The quantitative estimate of drug-likeness (QED) is 0.221. The van der Waals surface area contributed by atoms with Crippen LogP contribution >= 0.6 is 0 Å². The van der Waals surface area contributed by atoms with Gasteiger partial charge in [-0.25, -0.2) is 4.79 Å². The van der Waals surface area contributed by atoms with Crippen LogP contribution in [0.4, 0.5) is 57.5 Å². The van der Waals surface area contributed by atoms with Gasteiger partial charge in [-0.1, -0.05) is 0 Å². The first-order valence-corrected chi connectivity index (χ1v) is 8.40. The Balaban J connectivity index is 2.38. The summed E-state index contributed by atoms with van der Waals surface area (Å²) < 4.78 is 172. The molecule has 0 aliphatic rings. The summed E-state index contributed by atoms with van der Waals surface area (Å²) in [7, 11) is 0. The average molecular weight is 550 g/mol. The molecule has 36 heavy (non-hydrogen) atoms. The Morgan fingerprint density at radius 2 is 0.778 bits per heavy atom. The Bertz CT molecular complexity index is 990. The molecule has 0 spiro atoms. The molecule has 0 amide bonds. The van der Waals surface area contributed by atoms with Crippen LogP contribution in [0.2, 0.25) is 0 Å². The van der Waals surface area contributed by atoms with Gasteiger partial charge < -0.3 is 28.4 Å². The van der Waals surface area contributed by atoms with Crippen molar-refractivity contribution in [2.45, 2.75) is 25.4 Å². The van der Waals surface area contributed by atoms with Crippen molar-refractivity contribution < 1.29 is 85.9 Å². The van der Waals surface area contributed by atoms with Gasteiger partial charge in [0.05, 0.1) is 0 Å². The van der Waals surface area contributed by atoms with E-state index < -0.39 is 66.1 Å². The monoisotopic (exact) mass is 550 g/mol. The number of hydrogen-bond acceptors (Lipinski definition) is 7. The van der Waals surface area contributed by atoms with Crippen LogP contribution in [-0.2, 0) is 0 Å². The van der Waals surface area contributed by atoms with E-state index in [-0.39, 0.29) is 24.3 Å². The van der Waals surface area contributed by atoms with Crippen LogP contribution in [-0.4, -0.2) is 31.6 Å². The molecule has 0 N–H and O–H groups in total. The van der Waals surface area contributed by atoms with Crippen molar-refractivity contribution in [2.24, 2.45) is 0 Å². The number of benzene rings is 2. The maximum absolute atomic E-state index is 12.5. The van der Waals surface area contributed by atoms with Crippen LogP contribution in [0.3, 0.4) is 0 Å². The highest BCUT2D eigenvalue weighted by atomic mass is 19.4. The molecule has 2 aromatic rings. The molecule has 2 aromatic carbocycles. The van der Waals surface area contributed by atoms with Gasteiger partial charge in [-0.2, -0.15) is 0 Å². The zero-order valence-electron chi connectivity index (χ0n) is 16.4. The van der Waals surface area contributed by atoms with E-state index in [1.54, 1.807) is 0 Å². The Morgan fingerprint density at radius 3 is 1.06 bits per heavy atom. The lowest BCUT2D eigenvalue weighted by molar-refractivity contribution is -0.277. The summed E-state index contributed by atoms with van der Waals surface area (Å²) >= 11 is 0. The largest absolute Gasteiger partial charge is 0.573 e. The van der Waals surface area contributed by atoms with Crippen LogP contribution in [0, 0.1) is 0 Å². The van der Waals surface area contributed by atoms with E-state index in [9.17, 15) is 57.5 Å². The van der Waals surface area contributed by atoms with Gasteiger partial charge in [0.2, 0.25) is 0 Å². The summed E-state index contributed by atoms with van der Waals surface area (Å²) in [4.78, 5) is 12.0. The number of rotatable bonds is 6. The Hall–Kier alpha value is -3.93. The minimum atomic E-state index is -5.47. The number of alkyl halides is 12. The highest BCUT2D eigenvalue weighted by Gasteiger charge is 2.36. The molecule has 7 nitrogen and oxygen atoms in total. The van der Waals surface area contributed by atoms with E-state index in [2.05, 4.69) is 28.4 Å². The fourth-order valence-corrected chi connectivity index (χ4v) is 2.15. The van der Waals surface area contributed by atoms with Crippen molar-refractivity contribution in [3.8, 4) is 34.5 Å². The van der Waals surface area contributed by atoms with E-state index in [0.717, 1.165) is 0 Å². The topological polar surface area (TPSA) is 72.5 Å². The molecule has 0 radical (unpaired) electrons. The van der Waals surface area contributed by atoms with Gasteiger partial charge in [0, 0.05) is 12.1 Å². The third kappa shape index (κ3) is 10.1. The van der Waals surface area contributed by atoms with Gasteiger partial charge in [0.1, 0.15) is 11.5 Å². The highest BCUT2D eigenvalue weighted by molar-refractivity contribution is 5.70. The van der Waals surface area contributed by atoms with Crippen molar-refractivity contribution in [1.29, 1.82) is 0 Å². The second kappa shape index (κ2) is 9.97. The summed E-state index contributed by atoms with van der Waals surface area (Å²) in [6.07, 6.45) is -23.9. The molecule has 0 aliphatic heterocycles. The third-order valence-electron chi connectivity index (χ3n) is 3.14. The van der Waals surface area contributed by atoms with Crippen LogP contribution in [0.15, 0.2) is 36.4 Å². The summed E-state index contributed by atoms with van der Waals surface area (Å²) in [5.41, 5.74) is 0. The molecule has 200 valence electrons. The van der Waals surface area contributed by atoms with Gasteiger partial charge in [-0.3, -0.25) is 0 Å². The van der Waals surface area contributed by atoms with E-state index >= 15 is 0 Å². The maximum Gasteiger partial charge on any atom is 0.573 e. The molecule has 0 heterocycles. The lowest BCUT2D eigenvalue weighted by Gasteiger charge is -2.17. The Labute approximate surface area is 189 Å². The molecule has 2 rings (SSSR count). The SMILES string of the molecule is O=C(Oc1cc(OC(F)(F)F)ccc1OC(F)(F)F)Oc1cc(OC(F)(F)F)ccc1OC(F)(F)F. The van der Waals surface area contributed by atoms with Gasteiger partial charge in [0.15, 0.2) is 23.0 Å². The molecule has 0 aromatic heterocycles. The van der Waals surface area contributed by atoms with Gasteiger partial charge >= 0.3 is 31.6 Å². The number of carbonyl (C=O) groups excluding carboxylic acids is 1. The second-order valence-corrected chi connectivity index (χ2v) is 5.86. The van der Waals surface area contributed by atoms with E-state index in [0.29, 0.717) is 12.1 Å². The smallest absolute Gasteiger partial charge is 0.406 e. The van der Waals surface area contributed by atoms with Crippen LogP contribution in [0.1, 0.15) is 0 Å². The fraction of sp³-hybridized carbons (Fsp3) is 0.235. The summed E-state index contributed by atoms with van der Waals surface area (Å²) in [5.74, 6) is -8.23. The standard InChI is InChI=1S/C17H6F12O7/c18-14(19,20)33-7-1-3-9(35-16(24,25)26)11(5-7)31-13(30)32-12-6-8(34-15(21,22)23)2-4-10(12)36-17(27,28)29/h1-6H. The molecule has 0 atom stereocenters. The summed E-state index contributed by atoms with van der Waals surface area (Å²) in [6.45, 7) is 0. The second-order valence-electron chi connectivity index (χ2n) is 5.86. The summed E-state index contributed by atoms with van der Waals surface area (Å²) in [5, 5.41) is 0. The zero-order chi connectivity index (χ0) is 27.5. The highest BCUT2D eigenvalue weighted by Crippen LogP contribution is 2.39. The van der Waals surface area contributed by atoms with Crippen molar-refractivity contribution in [3.63, 3.8) is 0 Å². The minimum Gasteiger partial charge on any atom is -0.406 e. The van der Waals surface area contributed by atoms with Crippen molar-refractivity contribution in [1.82, 2.24) is 0 Å². The third-order valence-corrected chi connectivity index (χ3v) is 3.14. The first-order valence-electron chi connectivity index (χ1n) is 8.40. The Morgan fingerprint density at radius 1 is 0.472 bits per heavy atom. The van der Waals surface area contributed by atoms with Crippen molar-refractivity contribution >= 4 is 6.16 Å². The van der Waals surface area contributed by atoms with E-state index in [1.807, 2.05) is 0 Å². The number of hydrogen-bond donors (Lipinski definition) is 0. The van der Waals surface area contributed by atoms with Crippen LogP contribution in [0.5, 0.6) is 34.5 Å². The predicted molar refractivity (Wildman–Crippen MR) is 86.3 cm³/mol. The maximum atomic E-state index is 12.5. The van der Waals surface area contributed by atoms with E-state index in [1.165, 1.54) is 0 Å². The lowest BCUT2D eigenvalue weighted by atomic mass is 10.3. The van der Waals surface area contributed by atoms with E-state index in [4.69, 9.17) is 0 Å². The van der Waals surface area contributed by atoms with Crippen LogP contribution in [0.25, 0.3) is 0 Å². The first kappa shape index (κ1) is 28.3. The Kier molecular flexibility index (Phi) is 7.84. The van der Waals surface area contributed by atoms with Gasteiger partial charge in [-0.15, -0.1) is 52.7 Å². The zero-order valence-corrected chi connectivity index (χ0v) is 16.4.